The van der Waals surface area contributed by atoms with Gasteiger partial charge in [0.15, 0.2) is 6.04 Å². The van der Waals surface area contributed by atoms with Gasteiger partial charge in [-0.05, 0) is 59.8 Å². The molecule has 202 valence electrons. The molecule has 0 aromatic heterocycles. The summed E-state index contributed by atoms with van der Waals surface area (Å²) < 4.78 is 10.8. The molecule has 0 aliphatic rings. The maximum absolute atomic E-state index is 13.8. The van der Waals surface area contributed by atoms with Crippen LogP contribution in [-0.4, -0.2) is 63.9 Å². The molecule has 0 rings (SSSR count). The fourth-order valence-electron chi connectivity index (χ4n) is 3.09. The maximum atomic E-state index is 13.8. The van der Waals surface area contributed by atoms with Gasteiger partial charge in [0.2, 0.25) is 5.78 Å². The Kier molecular flexibility index (Phi) is 12.1. The van der Waals surface area contributed by atoms with E-state index in [-0.39, 0.29) is 12.3 Å². The lowest BCUT2D eigenvalue weighted by atomic mass is 9.93. The van der Waals surface area contributed by atoms with Gasteiger partial charge in [0.1, 0.15) is 17.2 Å². The Balaban J connectivity index is 6.66. The summed E-state index contributed by atoms with van der Waals surface area (Å²) in [6, 6.07) is -3.87. The van der Waals surface area contributed by atoms with E-state index in [9.17, 15) is 24.0 Å². The molecule has 10 heteroatoms. The lowest BCUT2D eigenvalue weighted by Gasteiger charge is -2.37. The minimum atomic E-state index is -1.57. The van der Waals surface area contributed by atoms with Crippen LogP contribution in [0.1, 0.15) is 89.0 Å². The number of amides is 3. The molecule has 0 heterocycles. The summed E-state index contributed by atoms with van der Waals surface area (Å²) >= 11 is 0. The Morgan fingerprint density at radius 1 is 0.857 bits per heavy atom. The molecule has 0 radical (unpaired) electrons. The topological polar surface area (TPSA) is 145 Å². The van der Waals surface area contributed by atoms with Gasteiger partial charge in [-0.2, -0.15) is 0 Å². The molecular formula is C25H45N3O7. The third kappa shape index (κ3) is 10.8. The summed E-state index contributed by atoms with van der Waals surface area (Å²) in [4.78, 5) is 66.1. The molecule has 0 saturated carbocycles. The number of carbonyl (C=O) groups is 5. The van der Waals surface area contributed by atoms with Crippen molar-refractivity contribution in [2.24, 2.45) is 17.6 Å². The molecule has 1 unspecified atom stereocenters. The van der Waals surface area contributed by atoms with Crippen LogP contribution in [0, 0.1) is 11.8 Å². The predicted octanol–water partition coefficient (Wildman–Crippen LogP) is 2.95. The first-order chi connectivity index (χ1) is 15.7. The number of alkyl carbamates (subject to hydrolysis) is 1. The van der Waals surface area contributed by atoms with E-state index in [0.29, 0.717) is 11.3 Å². The van der Waals surface area contributed by atoms with Crippen molar-refractivity contribution < 1.29 is 33.4 Å². The van der Waals surface area contributed by atoms with Gasteiger partial charge in [-0.25, -0.2) is 9.59 Å². The Hall–Kier alpha value is -2.49. The number of hydrogen-bond acceptors (Lipinski definition) is 8. The first kappa shape index (κ1) is 32.5. The van der Waals surface area contributed by atoms with Crippen LogP contribution in [0.3, 0.4) is 0 Å². The van der Waals surface area contributed by atoms with Crippen molar-refractivity contribution in [1.29, 1.82) is 0 Å². The molecule has 0 aromatic carbocycles. The fourth-order valence-corrected chi connectivity index (χ4v) is 3.09. The Labute approximate surface area is 209 Å². The zero-order valence-corrected chi connectivity index (χ0v) is 23.2. The smallest absolute Gasteiger partial charge is 0.408 e. The molecule has 3 N–H and O–H groups in total. The number of ether oxygens (including phenoxy) is 2. The van der Waals surface area contributed by atoms with Crippen LogP contribution in [0.25, 0.3) is 0 Å². The summed E-state index contributed by atoms with van der Waals surface area (Å²) in [7, 11) is 0. The molecule has 10 nitrogen and oxygen atoms in total. The third-order valence-corrected chi connectivity index (χ3v) is 4.84. The van der Waals surface area contributed by atoms with Crippen molar-refractivity contribution in [3.8, 4) is 0 Å². The second-order valence-electron chi connectivity index (χ2n) is 11.4. The van der Waals surface area contributed by atoms with Crippen molar-refractivity contribution in [2.45, 2.75) is 118 Å². The van der Waals surface area contributed by atoms with Crippen LogP contribution in [-0.2, 0) is 28.7 Å². The van der Waals surface area contributed by atoms with E-state index in [1.54, 1.807) is 76.2 Å². The minimum absolute atomic E-state index is 0.119. The molecule has 0 saturated heterocycles. The zero-order valence-electron chi connectivity index (χ0n) is 23.2. The molecule has 0 aliphatic heterocycles. The van der Waals surface area contributed by atoms with Gasteiger partial charge < -0.3 is 20.5 Å². The Bertz CT molecular complexity index is 779. The quantitative estimate of drug-likeness (QED) is 0.345. The first-order valence-corrected chi connectivity index (χ1v) is 12.1. The molecule has 3 atom stereocenters. The van der Waals surface area contributed by atoms with Gasteiger partial charge in [0.25, 0.3) is 11.8 Å². The second kappa shape index (κ2) is 13.0. The largest absolute Gasteiger partial charge is 0.458 e. The highest BCUT2D eigenvalue weighted by Crippen LogP contribution is 2.21. The number of rotatable bonds is 10. The average molecular weight is 500 g/mol. The first-order valence-electron chi connectivity index (χ1n) is 12.1. The minimum Gasteiger partial charge on any atom is -0.458 e. The second-order valence-corrected chi connectivity index (χ2v) is 11.4. The maximum Gasteiger partial charge on any atom is 0.408 e. The standard InChI is InChI=1S/C25H45N3O7/c1-12-13-16(29)20(30)28(19(17(26)14(2)3)22(32)34-24(6,7)8)21(31)18(15(4)5)27-23(33)35-25(9,10)11/h14-15,17-19H,12-13,26H2,1-11H3,(H,27,33)/t17?,18-,19+/m0/s1. The van der Waals surface area contributed by atoms with E-state index in [0.717, 1.165) is 0 Å². The van der Waals surface area contributed by atoms with E-state index >= 15 is 0 Å². The SMILES string of the molecule is CCCC(=O)C(=O)N(C(=O)[C@@H](NC(=O)OC(C)(C)C)C(C)C)[C@@H](C(=O)OC(C)(C)C)C(N)C(C)C. The number of ketones is 1. The Morgan fingerprint density at radius 3 is 1.71 bits per heavy atom. The van der Waals surface area contributed by atoms with E-state index in [1.807, 2.05) is 0 Å². The van der Waals surface area contributed by atoms with Crippen LogP contribution < -0.4 is 11.1 Å². The van der Waals surface area contributed by atoms with Crippen molar-refractivity contribution in [1.82, 2.24) is 10.2 Å². The number of nitrogens with zero attached hydrogens (tertiary/aromatic N) is 1. The van der Waals surface area contributed by atoms with Gasteiger partial charge in [0.05, 0.1) is 0 Å². The number of nitrogens with two attached hydrogens (primary N) is 1. The van der Waals surface area contributed by atoms with Gasteiger partial charge >= 0.3 is 12.1 Å². The van der Waals surface area contributed by atoms with Crippen LogP contribution in [0.5, 0.6) is 0 Å². The molecule has 0 aliphatic carbocycles. The average Bonchev–Trinajstić information content (AvgIpc) is 2.65. The van der Waals surface area contributed by atoms with Crippen molar-refractivity contribution in [2.75, 3.05) is 0 Å². The van der Waals surface area contributed by atoms with Gasteiger partial charge in [-0.15, -0.1) is 0 Å². The van der Waals surface area contributed by atoms with Crippen molar-refractivity contribution >= 4 is 29.7 Å². The lowest BCUT2D eigenvalue weighted by molar-refractivity contribution is -0.172. The summed E-state index contributed by atoms with van der Waals surface area (Å²) in [6.07, 6.45) is -0.630. The Morgan fingerprint density at radius 2 is 1.34 bits per heavy atom. The highest BCUT2D eigenvalue weighted by atomic mass is 16.6. The molecular weight excluding hydrogens is 454 g/mol. The molecule has 0 bridgehead atoms. The number of nitrogens with one attached hydrogen (secondary N) is 1. The van der Waals surface area contributed by atoms with Gasteiger partial charge in [-0.3, -0.25) is 19.3 Å². The van der Waals surface area contributed by atoms with Crippen molar-refractivity contribution in [3.63, 3.8) is 0 Å². The zero-order chi connectivity index (χ0) is 27.9. The molecule has 0 spiro atoms. The van der Waals surface area contributed by atoms with Crippen LogP contribution in [0.15, 0.2) is 0 Å². The number of esters is 1. The van der Waals surface area contributed by atoms with Crippen LogP contribution >= 0.6 is 0 Å². The fraction of sp³-hybridized carbons (Fsp3) is 0.800. The molecule has 0 fully saturated rings. The number of imide groups is 1. The highest BCUT2D eigenvalue weighted by Gasteiger charge is 2.46. The number of carbonyl (C=O) groups excluding carboxylic acids is 5. The van der Waals surface area contributed by atoms with Gasteiger partial charge in [-0.1, -0.05) is 34.6 Å². The molecule has 3 amide bonds. The predicted molar refractivity (Wildman–Crippen MR) is 132 cm³/mol. The number of hydrogen-bond donors (Lipinski definition) is 2. The van der Waals surface area contributed by atoms with Crippen LogP contribution in [0.2, 0.25) is 0 Å². The van der Waals surface area contributed by atoms with Crippen molar-refractivity contribution in [3.05, 3.63) is 0 Å². The summed E-state index contributed by atoms with van der Waals surface area (Å²) in [5, 5.41) is 2.48. The summed E-state index contributed by atoms with van der Waals surface area (Å²) in [5.41, 5.74) is 4.55. The number of Topliss-reactive ketones (excluding diaryl/α,β-unsaturated/α-hetero) is 1. The lowest BCUT2D eigenvalue weighted by Crippen LogP contribution is -2.64. The monoisotopic (exact) mass is 499 g/mol. The van der Waals surface area contributed by atoms with E-state index in [2.05, 4.69) is 5.32 Å². The van der Waals surface area contributed by atoms with Crippen LogP contribution in [0.4, 0.5) is 4.79 Å². The summed E-state index contributed by atoms with van der Waals surface area (Å²) in [5.74, 6) is -4.73. The molecule has 35 heavy (non-hydrogen) atoms. The normalized spacial score (nSPS) is 14.7. The highest BCUT2D eigenvalue weighted by molar-refractivity contribution is 6.39. The van der Waals surface area contributed by atoms with Gasteiger partial charge in [0, 0.05) is 12.5 Å². The molecule has 0 aromatic rings. The van der Waals surface area contributed by atoms with E-state index in [1.165, 1.54) is 0 Å². The van der Waals surface area contributed by atoms with E-state index in [4.69, 9.17) is 15.2 Å². The third-order valence-electron chi connectivity index (χ3n) is 4.84. The summed E-state index contributed by atoms with van der Waals surface area (Å²) in [6.45, 7) is 18.4. The van der Waals surface area contributed by atoms with E-state index < -0.39 is 64.9 Å².